The Morgan fingerprint density at radius 2 is 2.36 bits per heavy atom. The Bertz CT molecular complexity index is 564. The Morgan fingerprint density at radius 1 is 1.50 bits per heavy atom. The molecule has 0 fully saturated rings. The van der Waals surface area contributed by atoms with E-state index in [-0.39, 0.29) is 5.56 Å². The first-order chi connectivity index (χ1) is 6.75. The van der Waals surface area contributed by atoms with Crippen LogP contribution in [0.1, 0.15) is 23.4 Å². The van der Waals surface area contributed by atoms with Gasteiger partial charge in [-0.25, -0.2) is 4.52 Å². The van der Waals surface area contributed by atoms with Gasteiger partial charge in [-0.2, -0.15) is 5.10 Å². The molecular weight excluding hydrogens is 178 g/mol. The van der Waals surface area contributed by atoms with Crippen LogP contribution in [0.5, 0.6) is 0 Å². The highest BCUT2D eigenvalue weighted by Gasteiger charge is 2.18. The van der Waals surface area contributed by atoms with Crippen LogP contribution in [-0.4, -0.2) is 14.6 Å². The average molecular weight is 189 g/mol. The summed E-state index contributed by atoms with van der Waals surface area (Å²) in [6.07, 6.45) is 2.92. The largest absolute Gasteiger partial charge is 0.307 e. The maximum atomic E-state index is 11.6. The van der Waals surface area contributed by atoms with Crippen molar-refractivity contribution >= 4 is 5.65 Å². The summed E-state index contributed by atoms with van der Waals surface area (Å²) in [5, 5.41) is 4.37. The lowest BCUT2D eigenvalue weighted by atomic mass is 10.2. The van der Waals surface area contributed by atoms with Crippen molar-refractivity contribution in [3.8, 4) is 0 Å². The molecule has 4 nitrogen and oxygen atoms in total. The van der Waals surface area contributed by atoms with Gasteiger partial charge >= 0.3 is 0 Å². The molecule has 0 saturated heterocycles. The normalized spacial score (nSPS) is 14.9. The molecule has 4 heteroatoms. The number of fused-ring (bicyclic) bond motifs is 3. The van der Waals surface area contributed by atoms with E-state index in [1.165, 1.54) is 0 Å². The first kappa shape index (κ1) is 7.79. The second kappa shape index (κ2) is 2.47. The second-order valence-corrected chi connectivity index (χ2v) is 3.82. The fraction of sp³-hybridized carbons (Fsp3) is 0.400. The number of rotatable bonds is 0. The number of aromatic nitrogens is 3. The number of H-pyrrole nitrogens is 1. The molecule has 1 aliphatic rings. The van der Waals surface area contributed by atoms with Crippen molar-refractivity contribution in [3.05, 3.63) is 33.4 Å². The first-order valence-electron chi connectivity index (χ1n) is 4.86. The number of nitrogens with zero attached hydrogens (tertiary/aromatic N) is 2. The zero-order valence-electron chi connectivity index (χ0n) is 8.00. The molecule has 0 bridgehead atoms. The molecule has 0 amide bonds. The summed E-state index contributed by atoms with van der Waals surface area (Å²) in [5.74, 6) is 0. The van der Waals surface area contributed by atoms with E-state index in [4.69, 9.17) is 0 Å². The molecule has 2 heterocycles. The van der Waals surface area contributed by atoms with E-state index >= 15 is 0 Å². The fourth-order valence-corrected chi connectivity index (χ4v) is 2.19. The predicted molar refractivity (Wildman–Crippen MR) is 52.6 cm³/mol. The molecule has 0 unspecified atom stereocenters. The van der Waals surface area contributed by atoms with Crippen molar-refractivity contribution in [2.75, 3.05) is 0 Å². The van der Waals surface area contributed by atoms with Gasteiger partial charge in [0.05, 0.1) is 11.4 Å². The smallest absolute Gasteiger partial charge is 0.254 e. The van der Waals surface area contributed by atoms with Crippen molar-refractivity contribution < 1.29 is 0 Å². The zero-order chi connectivity index (χ0) is 9.71. The van der Waals surface area contributed by atoms with Gasteiger partial charge in [-0.3, -0.25) is 4.79 Å². The lowest BCUT2D eigenvalue weighted by Gasteiger charge is -2.00. The molecule has 0 radical (unpaired) electrons. The SMILES string of the molecule is Cc1cc2[nH]c(=O)c3c(n2n1)CCC3. The summed E-state index contributed by atoms with van der Waals surface area (Å²) in [5.41, 5.74) is 3.83. The van der Waals surface area contributed by atoms with Crippen molar-refractivity contribution in [3.63, 3.8) is 0 Å². The van der Waals surface area contributed by atoms with Gasteiger partial charge in [0.1, 0.15) is 5.65 Å². The van der Waals surface area contributed by atoms with Crippen LogP contribution in [0.25, 0.3) is 5.65 Å². The number of hydrogen-bond acceptors (Lipinski definition) is 2. The van der Waals surface area contributed by atoms with Crippen LogP contribution >= 0.6 is 0 Å². The molecule has 0 aliphatic heterocycles. The lowest BCUT2D eigenvalue weighted by Crippen LogP contribution is -2.15. The summed E-state index contributed by atoms with van der Waals surface area (Å²) in [6, 6.07) is 1.90. The maximum Gasteiger partial charge on any atom is 0.254 e. The quantitative estimate of drug-likeness (QED) is 0.667. The highest BCUT2D eigenvalue weighted by atomic mass is 16.1. The number of aromatic amines is 1. The Balaban J connectivity index is 2.51. The molecule has 0 atom stereocenters. The molecule has 1 N–H and O–H groups in total. The Morgan fingerprint density at radius 3 is 3.21 bits per heavy atom. The van der Waals surface area contributed by atoms with Crippen LogP contribution in [0.15, 0.2) is 10.9 Å². The molecule has 2 aromatic rings. The molecule has 0 saturated carbocycles. The van der Waals surface area contributed by atoms with Crippen molar-refractivity contribution in [1.82, 2.24) is 14.6 Å². The summed E-state index contributed by atoms with van der Waals surface area (Å²) < 4.78 is 1.87. The number of hydrogen-bond donors (Lipinski definition) is 1. The number of nitrogens with one attached hydrogen (secondary N) is 1. The minimum atomic E-state index is 0.0601. The number of aryl methyl sites for hydroxylation is 2. The van der Waals surface area contributed by atoms with Gasteiger partial charge in [0.15, 0.2) is 0 Å². The van der Waals surface area contributed by atoms with E-state index in [0.29, 0.717) is 0 Å². The van der Waals surface area contributed by atoms with Gasteiger partial charge in [0, 0.05) is 11.6 Å². The maximum absolute atomic E-state index is 11.6. The Kier molecular flexibility index (Phi) is 1.37. The van der Waals surface area contributed by atoms with Gasteiger partial charge in [0.25, 0.3) is 5.56 Å². The van der Waals surface area contributed by atoms with E-state index in [2.05, 4.69) is 10.1 Å². The average Bonchev–Trinajstić information content (AvgIpc) is 2.69. The monoisotopic (exact) mass is 189 g/mol. The molecular formula is C10H11N3O. The van der Waals surface area contributed by atoms with Gasteiger partial charge < -0.3 is 4.98 Å². The summed E-state index contributed by atoms with van der Waals surface area (Å²) in [4.78, 5) is 14.5. The van der Waals surface area contributed by atoms with Crippen LogP contribution in [-0.2, 0) is 12.8 Å². The van der Waals surface area contributed by atoms with Gasteiger partial charge in [-0.05, 0) is 26.2 Å². The molecule has 2 aromatic heterocycles. The van der Waals surface area contributed by atoms with E-state index in [0.717, 1.165) is 41.9 Å². The Hall–Kier alpha value is -1.58. The third kappa shape index (κ3) is 0.880. The third-order valence-corrected chi connectivity index (χ3v) is 2.79. The van der Waals surface area contributed by atoms with E-state index in [9.17, 15) is 4.79 Å². The summed E-state index contributed by atoms with van der Waals surface area (Å²) >= 11 is 0. The van der Waals surface area contributed by atoms with E-state index < -0.39 is 0 Å². The van der Waals surface area contributed by atoms with Crippen LogP contribution < -0.4 is 5.56 Å². The van der Waals surface area contributed by atoms with Crippen LogP contribution in [0.2, 0.25) is 0 Å². The van der Waals surface area contributed by atoms with Crippen molar-refractivity contribution in [1.29, 1.82) is 0 Å². The zero-order valence-corrected chi connectivity index (χ0v) is 8.00. The topological polar surface area (TPSA) is 50.2 Å². The first-order valence-corrected chi connectivity index (χ1v) is 4.86. The van der Waals surface area contributed by atoms with E-state index in [1.807, 2.05) is 17.5 Å². The van der Waals surface area contributed by atoms with Gasteiger partial charge in [-0.15, -0.1) is 0 Å². The highest BCUT2D eigenvalue weighted by molar-refractivity contribution is 5.42. The van der Waals surface area contributed by atoms with Gasteiger partial charge in [-0.1, -0.05) is 0 Å². The molecule has 3 rings (SSSR count). The minimum Gasteiger partial charge on any atom is -0.307 e. The predicted octanol–water partition coefficient (Wildman–Crippen LogP) is 0.820. The van der Waals surface area contributed by atoms with Crippen molar-refractivity contribution in [2.45, 2.75) is 26.2 Å². The fourth-order valence-electron chi connectivity index (χ4n) is 2.19. The van der Waals surface area contributed by atoms with Crippen molar-refractivity contribution in [2.24, 2.45) is 0 Å². The standard InChI is InChI=1S/C10H11N3O/c1-6-5-9-11-10(14)7-3-2-4-8(7)13(9)12-6/h5H,2-4H2,1H3,(H,11,14). The van der Waals surface area contributed by atoms with E-state index in [1.54, 1.807) is 0 Å². The lowest BCUT2D eigenvalue weighted by molar-refractivity contribution is 0.825. The second-order valence-electron chi connectivity index (χ2n) is 3.82. The highest BCUT2D eigenvalue weighted by Crippen LogP contribution is 2.18. The van der Waals surface area contributed by atoms with Crippen LogP contribution in [0, 0.1) is 6.92 Å². The molecule has 0 spiro atoms. The Labute approximate surface area is 80.6 Å². The van der Waals surface area contributed by atoms with Crippen LogP contribution in [0.4, 0.5) is 0 Å². The molecule has 14 heavy (non-hydrogen) atoms. The molecule has 1 aliphatic carbocycles. The summed E-state index contributed by atoms with van der Waals surface area (Å²) in [7, 11) is 0. The third-order valence-electron chi connectivity index (χ3n) is 2.79. The van der Waals surface area contributed by atoms with Crippen LogP contribution in [0.3, 0.4) is 0 Å². The molecule has 0 aromatic carbocycles. The van der Waals surface area contributed by atoms with Gasteiger partial charge in [0.2, 0.25) is 0 Å². The summed E-state index contributed by atoms with van der Waals surface area (Å²) in [6.45, 7) is 1.94. The minimum absolute atomic E-state index is 0.0601. The molecule has 72 valence electrons.